The van der Waals surface area contributed by atoms with Crippen LogP contribution in [0, 0.1) is 0 Å². The number of halogens is 3. The number of benzene rings is 1. The van der Waals surface area contributed by atoms with Crippen LogP contribution in [0.15, 0.2) is 30.5 Å². The van der Waals surface area contributed by atoms with E-state index in [4.69, 9.17) is 5.11 Å². The molecule has 0 aliphatic rings. The minimum absolute atomic E-state index is 0.288. The number of nitrogens with zero attached hydrogens (tertiary/aromatic N) is 2. The fraction of sp³-hybridized carbons (Fsp3) is 0.231. The second-order valence-electron chi connectivity index (χ2n) is 4.29. The molecular weight excluding hydrogens is 273 g/mol. The van der Waals surface area contributed by atoms with E-state index >= 15 is 0 Å². The van der Waals surface area contributed by atoms with Gasteiger partial charge in [-0.1, -0.05) is 12.1 Å². The first-order chi connectivity index (χ1) is 9.29. The van der Waals surface area contributed by atoms with Crippen LogP contribution in [0.4, 0.5) is 13.2 Å². The van der Waals surface area contributed by atoms with Crippen LogP contribution in [0.3, 0.4) is 0 Å². The van der Waals surface area contributed by atoms with Crippen LogP contribution in [0.2, 0.25) is 0 Å². The number of aliphatic carboxylic acids is 1. The summed E-state index contributed by atoms with van der Waals surface area (Å²) >= 11 is 0. The Morgan fingerprint density at radius 2 is 2.10 bits per heavy atom. The van der Waals surface area contributed by atoms with Crippen molar-refractivity contribution in [1.29, 1.82) is 0 Å². The van der Waals surface area contributed by atoms with Crippen LogP contribution in [0.25, 0.3) is 11.3 Å². The van der Waals surface area contributed by atoms with Crippen LogP contribution in [0.5, 0.6) is 0 Å². The van der Waals surface area contributed by atoms with Gasteiger partial charge in [0.2, 0.25) is 0 Å². The Balaban J connectivity index is 2.51. The van der Waals surface area contributed by atoms with Crippen LogP contribution in [0.1, 0.15) is 11.1 Å². The lowest BCUT2D eigenvalue weighted by Gasteiger charge is -2.10. The number of carboxylic acids is 1. The van der Waals surface area contributed by atoms with Crippen molar-refractivity contribution in [2.45, 2.75) is 12.6 Å². The third-order valence-corrected chi connectivity index (χ3v) is 2.82. The molecule has 0 bridgehead atoms. The fourth-order valence-corrected chi connectivity index (χ4v) is 1.99. The highest BCUT2D eigenvalue weighted by Gasteiger charge is 2.30. The summed E-state index contributed by atoms with van der Waals surface area (Å²) in [5.41, 5.74) is 0.256. The normalized spacial score (nSPS) is 11.6. The van der Waals surface area contributed by atoms with E-state index in [9.17, 15) is 18.0 Å². The lowest BCUT2D eigenvalue weighted by molar-refractivity contribution is -0.138. The maximum atomic E-state index is 12.7. The minimum atomic E-state index is -4.44. The van der Waals surface area contributed by atoms with Gasteiger partial charge in [-0.15, -0.1) is 0 Å². The predicted octanol–water partition coefficient (Wildman–Crippen LogP) is 2.73. The van der Waals surface area contributed by atoms with Crippen molar-refractivity contribution >= 4 is 5.97 Å². The molecule has 0 aliphatic heterocycles. The molecule has 0 radical (unpaired) electrons. The van der Waals surface area contributed by atoms with E-state index in [2.05, 4.69) is 5.10 Å². The van der Waals surface area contributed by atoms with Gasteiger partial charge in [-0.25, -0.2) is 0 Å². The number of carboxylic acid groups (broad SMARTS) is 1. The molecule has 106 valence electrons. The highest BCUT2D eigenvalue weighted by molar-refractivity contribution is 5.75. The molecule has 1 N–H and O–H groups in total. The quantitative estimate of drug-likeness (QED) is 0.942. The molecule has 0 spiro atoms. The average Bonchev–Trinajstić information content (AvgIpc) is 2.69. The highest BCUT2D eigenvalue weighted by Crippen LogP contribution is 2.33. The molecular formula is C13H11F3N2O2. The molecule has 2 aromatic rings. The van der Waals surface area contributed by atoms with Crippen molar-refractivity contribution in [3.8, 4) is 11.3 Å². The van der Waals surface area contributed by atoms with Gasteiger partial charge in [0.1, 0.15) is 0 Å². The van der Waals surface area contributed by atoms with E-state index in [1.54, 1.807) is 7.05 Å². The molecule has 4 nitrogen and oxygen atoms in total. The van der Waals surface area contributed by atoms with Crippen molar-refractivity contribution in [3.05, 3.63) is 41.6 Å². The number of rotatable bonds is 3. The van der Waals surface area contributed by atoms with E-state index < -0.39 is 17.7 Å². The number of hydrogen-bond donors (Lipinski definition) is 1. The number of carbonyl (C=O) groups is 1. The number of aromatic nitrogens is 2. The Hall–Kier alpha value is -2.31. The van der Waals surface area contributed by atoms with Gasteiger partial charge in [0.25, 0.3) is 0 Å². The summed E-state index contributed by atoms with van der Waals surface area (Å²) in [6, 6.07) is 4.74. The van der Waals surface area contributed by atoms with Gasteiger partial charge in [0, 0.05) is 18.2 Å². The summed E-state index contributed by atoms with van der Waals surface area (Å²) in [6.07, 6.45) is -3.38. The van der Waals surface area contributed by atoms with Gasteiger partial charge in [-0.05, 0) is 12.1 Å². The van der Waals surface area contributed by atoms with Gasteiger partial charge in [0.05, 0.1) is 23.9 Å². The van der Waals surface area contributed by atoms with E-state index in [0.717, 1.165) is 12.1 Å². The van der Waals surface area contributed by atoms with Crippen molar-refractivity contribution in [1.82, 2.24) is 9.78 Å². The van der Waals surface area contributed by atoms with E-state index in [0.29, 0.717) is 11.3 Å². The second-order valence-corrected chi connectivity index (χ2v) is 4.29. The first kappa shape index (κ1) is 14.1. The SMILES string of the molecule is Cn1ncc(CC(=O)O)c1-c1cccc(C(F)(F)F)c1. The van der Waals surface area contributed by atoms with Gasteiger partial charge >= 0.3 is 12.1 Å². The Labute approximate surface area is 112 Å². The standard InChI is InChI=1S/C13H11F3N2O2/c1-18-12(9(7-17-18)6-11(19)20)8-3-2-4-10(5-8)13(14,15)16/h2-5,7H,6H2,1H3,(H,19,20). The Bertz CT molecular complexity index is 647. The first-order valence-corrected chi connectivity index (χ1v) is 5.69. The van der Waals surface area contributed by atoms with Gasteiger partial charge < -0.3 is 5.11 Å². The van der Waals surface area contributed by atoms with Crippen LogP contribution >= 0.6 is 0 Å². The molecule has 1 aromatic heterocycles. The molecule has 0 fully saturated rings. The smallest absolute Gasteiger partial charge is 0.416 e. The molecule has 20 heavy (non-hydrogen) atoms. The van der Waals surface area contributed by atoms with Crippen molar-refractivity contribution in [2.75, 3.05) is 0 Å². The number of alkyl halides is 3. The van der Waals surface area contributed by atoms with Crippen molar-refractivity contribution in [2.24, 2.45) is 7.05 Å². The molecule has 2 rings (SSSR count). The predicted molar refractivity (Wildman–Crippen MR) is 65.0 cm³/mol. The van der Waals surface area contributed by atoms with Crippen LogP contribution in [-0.2, 0) is 24.4 Å². The van der Waals surface area contributed by atoms with Gasteiger partial charge in [0.15, 0.2) is 0 Å². The molecule has 0 aliphatic carbocycles. The zero-order chi connectivity index (χ0) is 14.9. The van der Waals surface area contributed by atoms with E-state index in [-0.39, 0.29) is 12.0 Å². The maximum absolute atomic E-state index is 12.7. The minimum Gasteiger partial charge on any atom is -0.481 e. The Kier molecular flexibility index (Phi) is 3.52. The van der Waals surface area contributed by atoms with Crippen LogP contribution in [-0.4, -0.2) is 20.9 Å². The molecule has 0 saturated heterocycles. The van der Waals surface area contributed by atoms with Crippen LogP contribution < -0.4 is 0 Å². The summed E-state index contributed by atoms with van der Waals surface area (Å²) < 4.78 is 39.5. The monoisotopic (exact) mass is 284 g/mol. The highest BCUT2D eigenvalue weighted by atomic mass is 19.4. The summed E-state index contributed by atoms with van der Waals surface area (Å²) in [5.74, 6) is -1.06. The maximum Gasteiger partial charge on any atom is 0.416 e. The van der Waals surface area contributed by atoms with Crippen molar-refractivity contribution in [3.63, 3.8) is 0 Å². The molecule has 0 saturated carbocycles. The molecule has 0 unspecified atom stereocenters. The molecule has 0 amide bonds. The molecule has 1 heterocycles. The largest absolute Gasteiger partial charge is 0.481 e. The topological polar surface area (TPSA) is 55.1 Å². The van der Waals surface area contributed by atoms with Gasteiger partial charge in [-0.3, -0.25) is 9.48 Å². The number of hydrogen-bond acceptors (Lipinski definition) is 2. The average molecular weight is 284 g/mol. The first-order valence-electron chi connectivity index (χ1n) is 5.69. The lowest BCUT2D eigenvalue weighted by atomic mass is 10.0. The Morgan fingerprint density at radius 3 is 2.70 bits per heavy atom. The zero-order valence-corrected chi connectivity index (χ0v) is 10.5. The summed E-state index contributed by atoms with van der Waals surface area (Å²) in [4.78, 5) is 10.8. The molecule has 0 atom stereocenters. The van der Waals surface area contributed by atoms with E-state index in [1.807, 2.05) is 0 Å². The summed E-state index contributed by atoms with van der Waals surface area (Å²) in [5, 5.41) is 12.7. The fourth-order valence-electron chi connectivity index (χ4n) is 1.99. The zero-order valence-electron chi connectivity index (χ0n) is 10.5. The molecule has 1 aromatic carbocycles. The second kappa shape index (κ2) is 4.99. The molecule has 7 heteroatoms. The van der Waals surface area contributed by atoms with Gasteiger partial charge in [-0.2, -0.15) is 18.3 Å². The third kappa shape index (κ3) is 2.81. The summed E-state index contributed by atoms with van der Waals surface area (Å²) in [7, 11) is 1.56. The Morgan fingerprint density at radius 1 is 1.40 bits per heavy atom. The third-order valence-electron chi connectivity index (χ3n) is 2.82. The lowest BCUT2D eigenvalue weighted by Crippen LogP contribution is -2.06. The summed E-state index contributed by atoms with van der Waals surface area (Å²) in [6.45, 7) is 0. The van der Waals surface area contributed by atoms with E-state index in [1.165, 1.54) is 23.0 Å². The number of aryl methyl sites for hydroxylation is 1. The van der Waals surface area contributed by atoms with Crippen molar-refractivity contribution < 1.29 is 23.1 Å².